The van der Waals surface area contributed by atoms with Gasteiger partial charge in [0.1, 0.15) is 0 Å². The van der Waals surface area contributed by atoms with E-state index < -0.39 is 0 Å². The highest BCUT2D eigenvalue weighted by molar-refractivity contribution is 8.00. The lowest BCUT2D eigenvalue weighted by molar-refractivity contribution is 0.0455. The second-order valence-electron chi connectivity index (χ2n) is 3.14. The number of thioether (sulfide) groups is 1. The first-order valence-corrected chi connectivity index (χ1v) is 5.21. The summed E-state index contributed by atoms with van der Waals surface area (Å²) in [5.74, 6) is 0. The Morgan fingerprint density at radius 3 is 2.79 bits per heavy atom. The highest BCUT2D eigenvalue weighted by atomic mass is 32.2. The molecule has 72 valence electrons. The molecule has 1 heterocycles. The van der Waals surface area contributed by atoms with E-state index in [1.54, 1.807) is 23.9 Å². The van der Waals surface area contributed by atoms with Crippen molar-refractivity contribution in [3.05, 3.63) is 23.8 Å². The van der Waals surface area contributed by atoms with Crippen LogP contribution in [0.2, 0.25) is 0 Å². The van der Waals surface area contributed by atoms with E-state index in [4.69, 9.17) is 15.7 Å². The number of ether oxygens (including phenoxy) is 1. The molecule has 1 aliphatic heterocycles. The van der Waals surface area contributed by atoms with Crippen molar-refractivity contribution < 1.29 is 4.74 Å². The minimum atomic E-state index is 0.519. The van der Waals surface area contributed by atoms with Crippen LogP contribution in [0.3, 0.4) is 0 Å². The van der Waals surface area contributed by atoms with Gasteiger partial charge in [-0.2, -0.15) is 5.26 Å². The number of rotatable bonds is 2. The molecule has 1 aromatic rings. The maximum absolute atomic E-state index is 8.66. The highest BCUT2D eigenvalue weighted by Crippen LogP contribution is 2.32. The first-order valence-electron chi connectivity index (χ1n) is 4.33. The Kier molecular flexibility index (Phi) is 2.62. The van der Waals surface area contributed by atoms with Crippen molar-refractivity contribution in [3.63, 3.8) is 0 Å². The molecule has 4 heteroatoms. The summed E-state index contributed by atoms with van der Waals surface area (Å²) in [5.41, 5.74) is 7.10. The van der Waals surface area contributed by atoms with Gasteiger partial charge in [0, 0.05) is 10.6 Å². The first kappa shape index (κ1) is 9.38. The number of hydrogen-bond acceptors (Lipinski definition) is 4. The zero-order valence-corrected chi connectivity index (χ0v) is 8.38. The largest absolute Gasteiger partial charge is 0.398 e. The molecule has 0 saturated carbocycles. The average Bonchev–Trinajstić information content (AvgIpc) is 2.13. The normalized spacial score (nSPS) is 15.9. The second-order valence-corrected chi connectivity index (χ2v) is 4.48. The predicted molar refractivity (Wildman–Crippen MR) is 56.0 cm³/mol. The second kappa shape index (κ2) is 3.91. The number of anilines is 1. The van der Waals surface area contributed by atoms with Crippen LogP contribution in [-0.2, 0) is 4.74 Å². The number of nitrogens with zero attached hydrogens (tertiary/aromatic N) is 1. The predicted octanol–water partition coefficient (Wildman–Crippen LogP) is 1.63. The molecular formula is C10H10N2OS. The Balaban J connectivity index is 2.14. The minimum Gasteiger partial charge on any atom is -0.398 e. The van der Waals surface area contributed by atoms with Crippen LogP contribution in [0, 0.1) is 11.3 Å². The number of benzene rings is 1. The van der Waals surface area contributed by atoms with Gasteiger partial charge < -0.3 is 10.5 Å². The minimum absolute atomic E-state index is 0.519. The molecule has 0 atom stereocenters. The van der Waals surface area contributed by atoms with Crippen molar-refractivity contribution in [3.8, 4) is 6.07 Å². The molecule has 0 bridgehead atoms. The van der Waals surface area contributed by atoms with Crippen molar-refractivity contribution in [1.29, 1.82) is 5.26 Å². The van der Waals surface area contributed by atoms with Crippen LogP contribution in [0.15, 0.2) is 23.1 Å². The lowest BCUT2D eigenvalue weighted by atomic mass is 10.2. The molecule has 2 N–H and O–H groups in total. The molecule has 0 spiro atoms. The summed E-state index contributed by atoms with van der Waals surface area (Å²) in [5, 5.41) is 9.18. The van der Waals surface area contributed by atoms with Crippen molar-refractivity contribution in [2.75, 3.05) is 18.9 Å². The molecule has 1 fully saturated rings. The molecule has 1 aliphatic rings. The van der Waals surface area contributed by atoms with Crippen LogP contribution in [0.1, 0.15) is 5.56 Å². The van der Waals surface area contributed by atoms with Gasteiger partial charge in [0.05, 0.1) is 30.1 Å². The number of nitrogens with two attached hydrogens (primary N) is 1. The molecule has 14 heavy (non-hydrogen) atoms. The third-order valence-corrected chi connectivity index (χ3v) is 3.27. The Bertz CT molecular complexity index is 382. The molecule has 3 nitrogen and oxygen atoms in total. The molecular weight excluding hydrogens is 196 g/mol. The lowest BCUT2D eigenvalue weighted by Crippen LogP contribution is -2.30. The zero-order valence-electron chi connectivity index (χ0n) is 7.56. The molecule has 1 aromatic carbocycles. The Labute approximate surface area is 86.9 Å². The highest BCUT2D eigenvalue weighted by Gasteiger charge is 2.20. The third-order valence-electron chi connectivity index (χ3n) is 2.04. The van der Waals surface area contributed by atoms with Gasteiger partial charge in [-0.05, 0) is 18.2 Å². The molecule has 0 unspecified atom stereocenters. The molecule has 1 saturated heterocycles. The lowest BCUT2D eigenvalue weighted by Gasteiger charge is -2.25. The van der Waals surface area contributed by atoms with Gasteiger partial charge in [0.25, 0.3) is 0 Å². The summed E-state index contributed by atoms with van der Waals surface area (Å²) < 4.78 is 5.08. The van der Waals surface area contributed by atoms with Crippen molar-refractivity contribution in [2.45, 2.75) is 10.1 Å². The summed E-state index contributed by atoms with van der Waals surface area (Å²) in [6.45, 7) is 1.59. The Hall–Kier alpha value is -1.18. The summed E-state index contributed by atoms with van der Waals surface area (Å²) in [6, 6.07) is 7.46. The van der Waals surface area contributed by atoms with E-state index in [2.05, 4.69) is 6.07 Å². The molecule has 0 aromatic heterocycles. The fourth-order valence-electron chi connectivity index (χ4n) is 1.19. The van der Waals surface area contributed by atoms with Gasteiger partial charge in [-0.3, -0.25) is 0 Å². The number of nitriles is 1. The Morgan fingerprint density at radius 1 is 1.50 bits per heavy atom. The van der Waals surface area contributed by atoms with Crippen LogP contribution in [0.5, 0.6) is 0 Å². The summed E-state index contributed by atoms with van der Waals surface area (Å²) in [4.78, 5) is 1.04. The van der Waals surface area contributed by atoms with Crippen molar-refractivity contribution in [1.82, 2.24) is 0 Å². The summed E-state index contributed by atoms with van der Waals surface area (Å²) >= 11 is 1.72. The van der Waals surface area contributed by atoms with E-state index in [1.165, 1.54) is 0 Å². The topological polar surface area (TPSA) is 59.0 Å². The van der Waals surface area contributed by atoms with Crippen molar-refractivity contribution in [2.24, 2.45) is 0 Å². The zero-order chi connectivity index (χ0) is 9.97. The van der Waals surface area contributed by atoms with E-state index in [-0.39, 0.29) is 0 Å². The summed E-state index contributed by atoms with van der Waals surface area (Å²) in [6.07, 6.45) is 0. The number of hydrogen-bond donors (Lipinski definition) is 1. The van der Waals surface area contributed by atoms with Gasteiger partial charge in [-0.25, -0.2) is 0 Å². The molecule has 0 amide bonds. The van der Waals surface area contributed by atoms with E-state index in [0.29, 0.717) is 16.5 Å². The van der Waals surface area contributed by atoms with Crippen LogP contribution >= 0.6 is 11.8 Å². The maximum atomic E-state index is 8.66. The monoisotopic (exact) mass is 206 g/mol. The van der Waals surface area contributed by atoms with Gasteiger partial charge >= 0.3 is 0 Å². The first-order chi connectivity index (χ1) is 6.79. The molecule has 2 rings (SSSR count). The third kappa shape index (κ3) is 1.84. The van der Waals surface area contributed by atoms with Crippen LogP contribution < -0.4 is 5.73 Å². The molecule has 0 aliphatic carbocycles. The smallest absolute Gasteiger partial charge is 0.0992 e. The van der Waals surface area contributed by atoms with E-state index in [0.717, 1.165) is 18.1 Å². The van der Waals surface area contributed by atoms with Gasteiger partial charge in [0.15, 0.2) is 0 Å². The van der Waals surface area contributed by atoms with Gasteiger partial charge in [-0.15, -0.1) is 11.8 Å². The fraction of sp³-hybridized carbons (Fsp3) is 0.300. The van der Waals surface area contributed by atoms with Gasteiger partial charge in [-0.1, -0.05) is 0 Å². The average molecular weight is 206 g/mol. The number of nitrogen functional groups attached to an aromatic ring is 1. The van der Waals surface area contributed by atoms with E-state index >= 15 is 0 Å². The molecule has 0 radical (unpaired) electrons. The van der Waals surface area contributed by atoms with Crippen LogP contribution in [-0.4, -0.2) is 18.5 Å². The van der Waals surface area contributed by atoms with Crippen molar-refractivity contribution >= 4 is 17.4 Å². The van der Waals surface area contributed by atoms with E-state index in [9.17, 15) is 0 Å². The SMILES string of the molecule is N#Cc1ccc(SC2COC2)c(N)c1. The van der Waals surface area contributed by atoms with Crippen LogP contribution in [0.4, 0.5) is 5.69 Å². The standard InChI is InChI=1S/C10H10N2OS/c11-4-7-1-2-10(9(12)3-7)14-8-5-13-6-8/h1-3,8H,5-6,12H2. The Morgan fingerprint density at radius 2 is 2.29 bits per heavy atom. The quantitative estimate of drug-likeness (QED) is 0.747. The van der Waals surface area contributed by atoms with Gasteiger partial charge in [0.2, 0.25) is 0 Å². The maximum Gasteiger partial charge on any atom is 0.0992 e. The van der Waals surface area contributed by atoms with Crippen LogP contribution in [0.25, 0.3) is 0 Å². The summed E-state index contributed by atoms with van der Waals surface area (Å²) in [7, 11) is 0. The van der Waals surface area contributed by atoms with E-state index in [1.807, 2.05) is 6.07 Å². The fourth-order valence-corrected chi connectivity index (χ4v) is 2.22.